The molecule has 1 aliphatic carbocycles. The highest BCUT2D eigenvalue weighted by Gasteiger charge is 2.20. The van der Waals surface area contributed by atoms with Gasteiger partial charge in [0.05, 0.1) is 6.54 Å². The van der Waals surface area contributed by atoms with Crippen LogP contribution in [0, 0.1) is 5.41 Å². The smallest absolute Gasteiger partial charge is 0.326 e. The Labute approximate surface area is 264 Å². The van der Waals surface area contributed by atoms with Gasteiger partial charge < -0.3 is 16.1 Å². The van der Waals surface area contributed by atoms with Crippen LogP contribution < -0.4 is 21.4 Å². The van der Waals surface area contributed by atoms with Crippen molar-refractivity contribution in [1.82, 2.24) is 10.2 Å². The average molecular weight is 611 g/mol. The second-order valence-corrected chi connectivity index (χ2v) is 11.3. The molecule has 0 atom stereocenters. The van der Waals surface area contributed by atoms with Gasteiger partial charge in [0.25, 0.3) is 11.8 Å². The van der Waals surface area contributed by atoms with Crippen LogP contribution in [0.5, 0.6) is 0 Å². The number of anilines is 2. The summed E-state index contributed by atoms with van der Waals surface area (Å²) in [7, 11) is 1.78. The van der Waals surface area contributed by atoms with E-state index in [2.05, 4.69) is 40.0 Å². The Kier molecular flexibility index (Phi) is 11.8. The molecule has 0 aliphatic heterocycles. The fourth-order valence-corrected chi connectivity index (χ4v) is 5.49. The molecule has 0 radical (unpaired) electrons. The van der Waals surface area contributed by atoms with Gasteiger partial charge in [-0.05, 0) is 78.8 Å². The summed E-state index contributed by atoms with van der Waals surface area (Å²) in [5.74, 6) is 4.39. The molecule has 0 spiro atoms. The standard InChI is InChI=1S/C34H42N8O3/c1-3-4-21-41(2)32(44)28-11-8-12-29(22-28)37-34(45)42(30-19-17-26(18-20-30)25-9-6-5-7-10-25)23-24-13-15-27(16-14-24)31(43)38-33(35)39-40-36/h8,11-20,22,25H,3-7,9-10,21,23H2,1-2H3,(H,37,45)(H4,35,36,38,39,43). The number of amides is 4. The highest BCUT2D eigenvalue weighted by Crippen LogP contribution is 2.33. The maximum Gasteiger partial charge on any atom is 0.326 e. The van der Waals surface area contributed by atoms with Gasteiger partial charge in [-0.25, -0.2) is 4.79 Å². The van der Waals surface area contributed by atoms with Crippen LogP contribution in [0.1, 0.15) is 89.6 Å². The van der Waals surface area contributed by atoms with Gasteiger partial charge in [-0.1, -0.05) is 73.3 Å². The van der Waals surface area contributed by atoms with Gasteiger partial charge in [0, 0.05) is 36.1 Å². The third-order valence-corrected chi connectivity index (χ3v) is 8.03. The minimum Gasteiger partial charge on any atom is -0.342 e. The Morgan fingerprint density at radius 1 is 0.956 bits per heavy atom. The molecule has 0 heterocycles. The summed E-state index contributed by atoms with van der Waals surface area (Å²) in [6.07, 6.45) is 8.04. The predicted molar refractivity (Wildman–Crippen MR) is 176 cm³/mol. The van der Waals surface area contributed by atoms with E-state index in [0.29, 0.717) is 29.3 Å². The number of nitrogens with two attached hydrogens (primary N) is 1. The van der Waals surface area contributed by atoms with E-state index in [1.807, 2.05) is 12.1 Å². The molecular formula is C34H42N8O3. The van der Waals surface area contributed by atoms with E-state index in [4.69, 9.17) is 11.3 Å². The summed E-state index contributed by atoms with van der Waals surface area (Å²) in [5.41, 5.74) is 4.13. The number of guanidine groups is 1. The number of urea groups is 1. The van der Waals surface area contributed by atoms with Crippen molar-refractivity contribution in [3.05, 3.63) is 95.1 Å². The molecule has 0 saturated heterocycles. The van der Waals surface area contributed by atoms with Gasteiger partial charge in [0.1, 0.15) is 0 Å². The molecular weight excluding hydrogens is 568 g/mol. The summed E-state index contributed by atoms with van der Waals surface area (Å²) in [4.78, 5) is 42.5. The molecule has 1 fully saturated rings. The highest BCUT2D eigenvalue weighted by molar-refractivity contribution is 6.05. The Morgan fingerprint density at radius 3 is 2.33 bits per heavy atom. The zero-order valence-electron chi connectivity index (χ0n) is 26.0. The van der Waals surface area contributed by atoms with Gasteiger partial charge in [-0.2, -0.15) is 0 Å². The number of carbonyl (C=O) groups is 3. The number of carbonyl (C=O) groups excluding carboxylic acids is 3. The van der Waals surface area contributed by atoms with Gasteiger partial charge in [-0.3, -0.25) is 25.2 Å². The predicted octanol–water partition coefficient (Wildman–Crippen LogP) is 6.84. The molecule has 45 heavy (non-hydrogen) atoms. The van der Waals surface area contributed by atoms with Crippen molar-refractivity contribution in [2.24, 2.45) is 16.2 Å². The van der Waals surface area contributed by atoms with Gasteiger partial charge in [-0.15, -0.1) is 0 Å². The molecule has 236 valence electrons. The van der Waals surface area contributed by atoms with Crippen LogP contribution in [0.2, 0.25) is 0 Å². The Hall–Kier alpha value is -5.06. The van der Waals surface area contributed by atoms with Crippen molar-refractivity contribution in [1.29, 1.82) is 5.41 Å². The third-order valence-electron chi connectivity index (χ3n) is 8.03. The Balaban J connectivity index is 1.55. The second kappa shape index (κ2) is 16.1. The Morgan fingerprint density at radius 2 is 1.67 bits per heavy atom. The van der Waals surface area contributed by atoms with Gasteiger partial charge in [0.15, 0.2) is 0 Å². The van der Waals surface area contributed by atoms with Crippen molar-refractivity contribution in [2.75, 3.05) is 23.8 Å². The zero-order valence-corrected chi connectivity index (χ0v) is 26.0. The summed E-state index contributed by atoms with van der Waals surface area (Å²) in [5, 5.41) is 19.1. The number of hydrogen-bond acceptors (Lipinski definition) is 5. The third kappa shape index (κ3) is 9.21. The lowest BCUT2D eigenvalue weighted by molar-refractivity contribution is 0.0793. The number of unbranched alkanes of at least 4 members (excludes halogenated alkanes) is 1. The second-order valence-electron chi connectivity index (χ2n) is 11.3. The molecule has 4 amide bonds. The maximum atomic E-state index is 13.8. The van der Waals surface area contributed by atoms with E-state index in [0.717, 1.165) is 24.1 Å². The molecule has 3 aromatic carbocycles. The SMILES string of the molecule is CCCCN(C)C(=O)c1cccc(NC(=O)N(Cc2ccc(C(=O)NC(=N)/N=N\N)cc2)c2ccc(C3CCCCC3)cc2)c1. The van der Waals surface area contributed by atoms with E-state index in [1.165, 1.54) is 37.7 Å². The fraction of sp³-hybridized carbons (Fsp3) is 0.353. The maximum absolute atomic E-state index is 13.8. The van der Waals surface area contributed by atoms with Crippen LogP contribution in [-0.4, -0.2) is 42.3 Å². The first-order valence-electron chi connectivity index (χ1n) is 15.4. The summed E-state index contributed by atoms with van der Waals surface area (Å²) >= 11 is 0. The molecule has 4 rings (SSSR count). The lowest BCUT2D eigenvalue weighted by atomic mass is 9.84. The van der Waals surface area contributed by atoms with E-state index < -0.39 is 11.9 Å². The first-order chi connectivity index (χ1) is 21.8. The normalized spacial score (nSPS) is 13.3. The number of hydrogen-bond donors (Lipinski definition) is 4. The molecule has 0 bridgehead atoms. The summed E-state index contributed by atoms with van der Waals surface area (Å²) in [6, 6.07) is 21.5. The molecule has 3 aromatic rings. The van der Waals surface area contributed by atoms with Crippen LogP contribution in [0.4, 0.5) is 16.2 Å². The lowest BCUT2D eigenvalue weighted by Gasteiger charge is -2.26. The topological polar surface area (TPSA) is 156 Å². The van der Waals surface area contributed by atoms with Crippen LogP contribution in [-0.2, 0) is 6.54 Å². The first-order valence-corrected chi connectivity index (χ1v) is 15.4. The summed E-state index contributed by atoms with van der Waals surface area (Å²) in [6.45, 7) is 2.98. The largest absolute Gasteiger partial charge is 0.342 e. The number of nitrogens with one attached hydrogen (secondary N) is 3. The lowest BCUT2D eigenvalue weighted by Crippen LogP contribution is -2.34. The van der Waals surface area contributed by atoms with Crippen LogP contribution in [0.25, 0.3) is 0 Å². The van der Waals surface area contributed by atoms with E-state index in [1.54, 1.807) is 65.4 Å². The summed E-state index contributed by atoms with van der Waals surface area (Å²) < 4.78 is 0. The van der Waals surface area contributed by atoms with Crippen molar-refractivity contribution >= 4 is 35.2 Å². The fourth-order valence-electron chi connectivity index (χ4n) is 5.49. The van der Waals surface area contributed by atoms with E-state index in [9.17, 15) is 14.4 Å². The first kappa shape index (κ1) is 32.8. The number of benzene rings is 3. The van der Waals surface area contributed by atoms with E-state index >= 15 is 0 Å². The van der Waals surface area contributed by atoms with Crippen molar-refractivity contribution in [3.63, 3.8) is 0 Å². The van der Waals surface area contributed by atoms with Crippen LogP contribution in [0.3, 0.4) is 0 Å². The molecule has 0 aromatic heterocycles. The van der Waals surface area contributed by atoms with E-state index in [-0.39, 0.29) is 18.5 Å². The van der Waals surface area contributed by atoms with Crippen molar-refractivity contribution in [2.45, 2.75) is 64.3 Å². The molecule has 5 N–H and O–H groups in total. The van der Waals surface area contributed by atoms with Crippen LogP contribution in [0.15, 0.2) is 83.1 Å². The van der Waals surface area contributed by atoms with Crippen molar-refractivity contribution < 1.29 is 14.4 Å². The molecule has 1 saturated carbocycles. The molecule has 11 nitrogen and oxygen atoms in total. The molecule has 11 heteroatoms. The number of nitrogens with zero attached hydrogens (tertiary/aromatic N) is 4. The highest BCUT2D eigenvalue weighted by atomic mass is 16.2. The molecule has 0 unspecified atom stereocenters. The zero-order chi connectivity index (χ0) is 32.2. The van der Waals surface area contributed by atoms with Crippen LogP contribution >= 0.6 is 0 Å². The van der Waals surface area contributed by atoms with Gasteiger partial charge in [0.2, 0.25) is 5.96 Å². The van der Waals surface area contributed by atoms with Crippen molar-refractivity contribution in [3.8, 4) is 0 Å². The number of rotatable bonds is 10. The molecule has 1 aliphatic rings. The minimum atomic E-state index is -0.526. The quantitative estimate of drug-likeness (QED) is 0.0652. The monoisotopic (exact) mass is 610 g/mol. The average Bonchev–Trinajstić information content (AvgIpc) is 3.06. The Bertz CT molecular complexity index is 1500. The van der Waals surface area contributed by atoms with Gasteiger partial charge >= 0.3 is 6.03 Å². The minimum absolute atomic E-state index is 0.0972.